The Morgan fingerprint density at radius 2 is 1.80 bits per heavy atom. The molecule has 1 aliphatic carbocycles. The van der Waals surface area contributed by atoms with Crippen LogP contribution in [0.3, 0.4) is 0 Å². The van der Waals surface area contributed by atoms with Crippen LogP contribution in [0.15, 0.2) is 72.8 Å². The molecule has 0 aliphatic heterocycles. The average molecular weight is 464 g/mol. The summed E-state index contributed by atoms with van der Waals surface area (Å²) in [7, 11) is 1.68. The predicted molar refractivity (Wildman–Crippen MR) is 144 cm³/mol. The van der Waals surface area contributed by atoms with E-state index in [-0.39, 0.29) is 5.91 Å². The maximum atomic E-state index is 12.6. The lowest BCUT2D eigenvalue weighted by Gasteiger charge is -2.22. The van der Waals surface area contributed by atoms with E-state index in [9.17, 15) is 4.79 Å². The number of hydrogen-bond donors (Lipinski definition) is 2. The Kier molecular flexibility index (Phi) is 6.49. The second-order valence-corrected chi connectivity index (χ2v) is 8.91. The van der Waals surface area contributed by atoms with Crippen LogP contribution in [-0.2, 0) is 17.6 Å². The normalized spacial score (nSPS) is 13.0. The summed E-state index contributed by atoms with van der Waals surface area (Å²) in [6, 6.07) is 21.9. The molecule has 0 spiro atoms. The van der Waals surface area contributed by atoms with Crippen molar-refractivity contribution >= 4 is 39.9 Å². The average Bonchev–Trinajstić information content (AvgIpc) is 2.89. The van der Waals surface area contributed by atoms with Gasteiger partial charge in [0.1, 0.15) is 5.75 Å². The minimum Gasteiger partial charge on any atom is -0.495 e. The topological polar surface area (TPSA) is 63.2 Å². The first-order valence-corrected chi connectivity index (χ1v) is 12.0. The fraction of sp³-hybridized carbons (Fsp3) is 0.200. The summed E-state index contributed by atoms with van der Waals surface area (Å²) in [5.74, 6) is 0.614. The number of methoxy groups -OCH3 is 1. The molecule has 0 atom stereocenters. The maximum absolute atomic E-state index is 12.6. The van der Waals surface area contributed by atoms with Gasteiger partial charge in [0.05, 0.1) is 24.0 Å². The molecule has 35 heavy (non-hydrogen) atoms. The van der Waals surface area contributed by atoms with Gasteiger partial charge in [0, 0.05) is 22.8 Å². The Bertz CT molecular complexity index is 1410. The lowest BCUT2D eigenvalue weighted by molar-refractivity contribution is -0.111. The van der Waals surface area contributed by atoms with E-state index in [4.69, 9.17) is 9.72 Å². The summed E-state index contributed by atoms with van der Waals surface area (Å²) in [5.41, 5.74) is 8.18. The lowest BCUT2D eigenvalue weighted by atomic mass is 9.92. The standard InChI is InChI=1S/C30H29N3O2/c1-20-11-13-21(14-12-20)15-18-29(34)31-22-16-17-26-24(19-22)30(23-7-3-4-8-25(23)32-26)33-27-9-5-6-10-28(27)35-2/h5-6,9-19H,3-4,7-8H2,1-2H3,(H,31,34)(H,32,33). The van der Waals surface area contributed by atoms with Crippen molar-refractivity contribution in [2.45, 2.75) is 32.6 Å². The van der Waals surface area contributed by atoms with E-state index in [2.05, 4.69) is 10.6 Å². The zero-order chi connectivity index (χ0) is 24.2. The van der Waals surface area contributed by atoms with Gasteiger partial charge in [0.2, 0.25) is 5.91 Å². The number of aryl methyl sites for hydroxylation is 2. The number of nitrogens with one attached hydrogen (secondary N) is 2. The number of amides is 1. The Morgan fingerprint density at radius 1 is 1.00 bits per heavy atom. The molecule has 4 aromatic rings. The number of ether oxygens (including phenoxy) is 1. The SMILES string of the molecule is COc1ccccc1Nc1c2c(nc3ccc(NC(=O)C=Cc4ccc(C)cc4)cc13)CCCC2. The van der Waals surface area contributed by atoms with Crippen LogP contribution in [-0.4, -0.2) is 18.0 Å². The highest BCUT2D eigenvalue weighted by molar-refractivity contribution is 6.04. The van der Waals surface area contributed by atoms with Crippen molar-refractivity contribution in [2.75, 3.05) is 17.7 Å². The molecule has 3 aromatic carbocycles. The van der Waals surface area contributed by atoms with Crippen molar-refractivity contribution in [3.63, 3.8) is 0 Å². The van der Waals surface area contributed by atoms with E-state index in [0.717, 1.165) is 70.7 Å². The number of rotatable bonds is 6. The van der Waals surface area contributed by atoms with E-state index < -0.39 is 0 Å². The van der Waals surface area contributed by atoms with Crippen molar-refractivity contribution in [3.05, 3.63) is 95.2 Å². The first-order valence-electron chi connectivity index (χ1n) is 12.0. The van der Waals surface area contributed by atoms with Crippen LogP contribution in [0.4, 0.5) is 17.1 Å². The number of nitrogens with zero attached hydrogens (tertiary/aromatic N) is 1. The van der Waals surface area contributed by atoms with Gasteiger partial charge in [0.15, 0.2) is 0 Å². The van der Waals surface area contributed by atoms with E-state index in [1.54, 1.807) is 13.2 Å². The quantitative estimate of drug-likeness (QED) is 0.308. The van der Waals surface area contributed by atoms with Gasteiger partial charge >= 0.3 is 0 Å². The molecule has 5 rings (SSSR count). The van der Waals surface area contributed by atoms with Crippen LogP contribution in [0.5, 0.6) is 5.75 Å². The fourth-order valence-corrected chi connectivity index (χ4v) is 4.56. The Balaban J connectivity index is 1.49. The zero-order valence-electron chi connectivity index (χ0n) is 20.1. The second-order valence-electron chi connectivity index (χ2n) is 8.91. The molecule has 1 heterocycles. The highest BCUT2D eigenvalue weighted by Gasteiger charge is 2.19. The van der Waals surface area contributed by atoms with Crippen LogP contribution in [0, 0.1) is 6.92 Å². The summed E-state index contributed by atoms with van der Waals surface area (Å²) >= 11 is 0. The van der Waals surface area contributed by atoms with E-state index in [1.807, 2.05) is 79.7 Å². The first kappa shape index (κ1) is 22.7. The van der Waals surface area contributed by atoms with E-state index in [1.165, 1.54) is 11.1 Å². The molecule has 0 saturated heterocycles. The monoisotopic (exact) mass is 463 g/mol. The van der Waals surface area contributed by atoms with E-state index in [0.29, 0.717) is 0 Å². The summed E-state index contributed by atoms with van der Waals surface area (Å²) in [6.45, 7) is 2.04. The number of pyridine rings is 1. The molecule has 1 amide bonds. The third-order valence-electron chi connectivity index (χ3n) is 6.40. The molecule has 176 valence electrons. The van der Waals surface area contributed by atoms with Gasteiger partial charge < -0.3 is 15.4 Å². The van der Waals surface area contributed by atoms with Gasteiger partial charge in [0.25, 0.3) is 0 Å². The number of para-hydroxylation sites is 2. The largest absolute Gasteiger partial charge is 0.495 e. The van der Waals surface area contributed by atoms with Gasteiger partial charge in [-0.3, -0.25) is 9.78 Å². The fourth-order valence-electron chi connectivity index (χ4n) is 4.56. The summed E-state index contributed by atoms with van der Waals surface area (Å²) in [6.07, 6.45) is 7.64. The molecular weight excluding hydrogens is 434 g/mol. The van der Waals surface area contributed by atoms with Crippen LogP contribution < -0.4 is 15.4 Å². The van der Waals surface area contributed by atoms with Crippen LogP contribution in [0.1, 0.15) is 35.2 Å². The van der Waals surface area contributed by atoms with Crippen molar-refractivity contribution in [3.8, 4) is 5.75 Å². The summed E-state index contributed by atoms with van der Waals surface area (Å²) in [4.78, 5) is 17.6. The Morgan fingerprint density at radius 3 is 2.63 bits per heavy atom. The van der Waals surface area contributed by atoms with Crippen LogP contribution >= 0.6 is 0 Å². The van der Waals surface area contributed by atoms with Gasteiger partial charge in [-0.25, -0.2) is 0 Å². The number of hydrogen-bond acceptors (Lipinski definition) is 4. The van der Waals surface area contributed by atoms with E-state index >= 15 is 0 Å². The van der Waals surface area contributed by atoms with Crippen LogP contribution in [0.2, 0.25) is 0 Å². The van der Waals surface area contributed by atoms with Gasteiger partial charge in [-0.1, -0.05) is 42.0 Å². The first-order chi connectivity index (χ1) is 17.1. The number of benzene rings is 3. The van der Waals surface area contributed by atoms with Crippen LogP contribution in [0.25, 0.3) is 17.0 Å². The van der Waals surface area contributed by atoms with Gasteiger partial charge in [-0.05, 0) is 80.1 Å². The van der Waals surface area contributed by atoms with Crippen molar-refractivity contribution in [2.24, 2.45) is 0 Å². The summed E-state index contributed by atoms with van der Waals surface area (Å²) in [5, 5.41) is 7.62. The molecule has 5 heteroatoms. The van der Waals surface area contributed by atoms with Crippen molar-refractivity contribution < 1.29 is 9.53 Å². The third kappa shape index (κ3) is 5.04. The third-order valence-corrected chi connectivity index (χ3v) is 6.40. The Hall–Kier alpha value is -4.12. The van der Waals surface area contributed by atoms with Crippen molar-refractivity contribution in [1.82, 2.24) is 4.98 Å². The van der Waals surface area contributed by atoms with Gasteiger partial charge in [-0.15, -0.1) is 0 Å². The number of carbonyl (C=O) groups excluding carboxylic acids is 1. The van der Waals surface area contributed by atoms with Gasteiger partial charge in [-0.2, -0.15) is 0 Å². The minimum atomic E-state index is -0.171. The second kappa shape index (κ2) is 10.0. The molecule has 0 unspecified atom stereocenters. The summed E-state index contributed by atoms with van der Waals surface area (Å²) < 4.78 is 5.58. The lowest BCUT2D eigenvalue weighted by Crippen LogP contribution is -2.11. The molecule has 0 saturated carbocycles. The number of carbonyl (C=O) groups is 1. The zero-order valence-corrected chi connectivity index (χ0v) is 20.1. The molecule has 5 nitrogen and oxygen atoms in total. The predicted octanol–water partition coefficient (Wildman–Crippen LogP) is 6.83. The molecule has 1 aromatic heterocycles. The maximum Gasteiger partial charge on any atom is 0.248 e. The molecule has 2 N–H and O–H groups in total. The number of anilines is 3. The molecule has 0 fully saturated rings. The smallest absolute Gasteiger partial charge is 0.248 e. The van der Waals surface area contributed by atoms with Crippen molar-refractivity contribution in [1.29, 1.82) is 0 Å². The Labute approximate surface area is 205 Å². The molecular formula is C30H29N3O2. The number of fused-ring (bicyclic) bond motifs is 2. The highest BCUT2D eigenvalue weighted by atomic mass is 16.5. The molecule has 1 aliphatic rings. The number of aromatic nitrogens is 1. The molecule has 0 bridgehead atoms. The highest BCUT2D eigenvalue weighted by Crippen LogP contribution is 2.38. The minimum absolute atomic E-state index is 0.171. The molecule has 0 radical (unpaired) electrons.